The van der Waals surface area contributed by atoms with E-state index in [-0.39, 0.29) is 22.7 Å². The summed E-state index contributed by atoms with van der Waals surface area (Å²) in [5, 5.41) is 23.3. The molecule has 2 aromatic rings. The van der Waals surface area contributed by atoms with Gasteiger partial charge in [-0.15, -0.1) is 0 Å². The Balaban J connectivity index is 1.89. The molecule has 2 N–H and O–H groups in total. The van der Waals surface area contributed by atoms with E-state index in [9.17, 15) is 10.2 Å². The van der Waals surface area contributed by atoms with Crippen molar-refractivity contribution in [1.29, 1.82) is 0 Å². The molecule has 2 aliphatic carbocycles. The number of hydrogen-bond donors (Lipinski definition) is 2. The first-order valence-corrected chi connectivity index (χ1v) is 14.0. The lowest BCUT2D eigenvalue weighted by Crippen LogP contribution is -2.23. The van der Waals surface area contributed by atoms with Gasteiger partial charge in [0.15, 0.2) is 0 Å². The molecule has 0 aliphatic heterocycles. The minimum Gasteiger partial charge on any atom is -0.507 e. The third-order valence-corrected chi connectivity index (χ3v) is 7.45. The van der Waals surface area contributed by atoms with Gasteiger partial charge in [0.05, 0.1) is 0 Å². The van der Waals surface area contributed by atoms with Crippen molar-refractivity contribution in [3.05, 3.63) is 35.4 Å². The summed E-state index contributed by atoms with van der Waals surface area (Å²) in [7, 11) is 0. The van der Waals surface area contributed by atoms with Gasteiger partial charge in [0.1, 0.15) is 34.2 Å². The molecule has 0 heterocycles. The zero-order chi connectivity index (χ0) is 26.1. The Hall–Kier alpha value is -2.36. The molecule has 0 atom stereocenters. The number of phenols is 2. The van der Waals surface area contributed by atoms with Crippen LogP contribution in [0.4, 0.5) is 0 Å². The van der Waals surface area contributed by atoms with Gasteiger partial charge in [-0.1, -0.05) is 38.5 Å². The minimum absolute atomic E-state index is 0.265. The van der Waals surface area contributed by atoms with Gasteiger partial charge in [0, 0.05) is 22.3 Å². The molecule has 4 rings (SSSR count). The van der Waals surface area contributed by atoms with Crippen molar-refractivity contribution in [2.24, 2.45) is 0 Å². The van der Waals surface area contributed by atoms with Crippen LogP contribution in [-0.4, -0.2) is 21.4 Å². The second kappa shape index (κ2) is 10.6. The molecule has 0 radical (unpaired) electrons. The predicted octanol–water partition coefficient (Wildman–Crippen LogP) is 9.21. The van der Waals surface area contributed by atoms with E-state index in [1.807, 2.05) is 65.8 Å². The summed E-state index contributed by atoms with van der Waals surface area (Å²) in [6.45, 7) is 12.2. The van der Waals surface area contributed by atoms with Crippen LogP contribution in [0, 0.1) is 0 Å². The van der Waals surface area contributed by atoms with E-state index in [1.165, 1.54) is 38.5 Å². The van der Waals surface area contributed by atoms with E-state index in [0.29, 0.717) is 23.0 Å². The average Bonchev–Trinajstić information content (AvgIpc) is 2.80. The lowest BCUT2D eigenvalue weighted by molar-refractivity contribution is 0.130. The molecular formula is C32H46O4. The molecule has 0 spiro atoms. The van der Waals surface area contributed by atoms with Gasteiger partial charge in [-0.05, 0) is 103 Å². The second-order valence-corrected chi connectivity index (χ2v) is 12.9. The fourth-order valence-corrected chi connectivity index (χ4v) is 5.94. The zero-order valence-electron chi connectivity index (χ0n) is 23.2. The molecule has 198 valence electrons. The Kier molecular flexibility index (Phi) is 7.83. The molecule has 4 heteroatoms. The topological polar surface area (TPSA) is 58.9 Å². The molecule has 0 aromatic heterocycles. The molecule has 0 saturated heterocycles. The molecule has 0 bridgehead atoms. The molecule has 0 amide bonds. The zero-order valence-corrected chi connectivity index (χ0v) is 23.2. The number of hydrogen-bond acceptors (Lipinski definition) is 4. The normalized spacial score (nSPS) is 18.3. The van der Waals surface area contributed by atoms with E-state index < -0.39 is 0 Å². The van der Waals surface area contributed by atoms with Crippen molar-refractivity contribution < 1.29 is 19.7 Å². The summed E-state index contributed by atoms with van der Waals surface area (Å²) in [5.74, 6) is 2.60. The van der Waals surface area contributed by atoms with Crippen molar-refractivity contribution in [3.63, 3.8) is 0 Å². The maximum atomic E-state index is 11.7. The highest BCUT2D eigenvalue weighted by Crippen LogP contribution is 2.50. The van der Waals surface area contributed by atoms with Crippen LogP contribution < -0.4 is 9.47 Å². The first kappa shape index (κ1) is 26.7. The van der Waals surface area contributed by atoms with Gasteiger partial charge in [-0.2, -0.15) is 0 Å². The molecule has 2 aliphatic rings. The van der Waals surface area contributed by atoms with Gasteiger partial charge in [0.25, 0.3) is 0 Å². The van der Waals surface area contributed by atoms with Crippen LogP contribution in [0.2, 0.25) is 0 Å². The third kappa shape index (κ3) is 6.49. The van der Waals surface area contributed by atoms with Crippen LogP contribution in [0.15, 0.2) is 24.3 Å². The molecule has 36 heavy (non-hydrogen) atoms. The van der Waals surface area contributed by atoms with Gasteiger partial charge >= 0.3 is 0 Å². The number of phenolic OH excluding ortho intramolecular Hbond substituents is 2. The average molecular weight is 495 g/mol. The summed E-state index contributed by atoms with van der Waals surface area (Å²) >= 11 is 0. The van der Waals surface area contributed by atoms with Gasteiger partial charge < -0.3 is 19.7 Å². The number of aromatic hydroxyl groups is 2. The lowest BCUT2D eigenvalue weighted by atomic mass is 9.80. The van der Waals surface area contributed by atoms with E-state index >= 15 is 0 Å². The van der Waals surface area contributed by atoms with Crippen LogP contribution in [0.3, 0.4) is 0 Å². The Morgan fingerprint density at radius 2 is 0.889 bits per heavy atom. The fourth-order valence-electron chi connectivity index (χ4n) is 5.94. The smallest absolute Gasteiger partial charge is 0.127 e. The Morgan fingerprint density at radius 3 is 1.19 bits per heavy atom. The van der Waals surface area contributed by atoms with Crippen molar-refractivity contribution in [3.8, 4) is 34.1 Å². The summed E-state index contributed by atoms with van der Waals surface area (Å²) < 4.78 is 12.6. The van der Waals surface area contributed by atoms with Crippen molar-refractivity contribution in [1.82, 2.24) is 0 Å². The van der Waals surface area contributed by atoms with Crippen LogP contribution in [0.25, 0.3) is 11.1 Å². The summed E-state index contributed by atoms with van der Waals surface area (Å²) in [4.78, 5) is 0. The van der Waals surface area contributed by atoms with Gasteiger partial charge in [-0.3, -0.25) is 0 Å². The highest BCUT2D eigenvalue weighted by molar-refractivity contribution is 5.81. The van der Waals surface area contributed by atoms with E-state index in [1.54, 1.807) is 0 Å². The number of benzene rings is 2. The minimum atomic E-state index is -0.370. The monoisotopic (exact) mass is 494 g/mol. The van der Waals surface area contributed by atoms with E-state index in [0.717, 1.165) is 48.3 Å². The molecular weight excluding hydrogens is 448 g/mol. The molecule has 2 aromatic carbocycles. The number of ether oxygens (including phenoxy) is 2. The van der Waals surface area contributed by atoms with Gasteiger partial charge in [0.2, 0.25) is 0 Å². The predicted molar refractivity (Wildman–Crippen MR) is 148 cm³/mol. The Bertz CT molecular complexity index is 960. The van der Waals surface area contributed by atoms with E-state index in [2.05, 4.69) is 0 Å². The molecule has 4 nitrogen and oxygen atoms in total. The highest BCUT2D eigenvalue weighted by Gasteiger charge is 2.28. The first-order chi connectivity index (χ1) is 16.9. The fraction of sp³-hybridized carbons (Fsp3) is 0.625. The van der Waals surface area contributed by atoms with Gasteiger partial charge in [-0.25, -0.2) is 0 Å². The Labute approximate surface area is 218 Å². The maximum Gasteiger partial charge on any atom is 0.127 e. The quantitative estimate of drug-likeness (QED) is 0.435. The lowest BCUT2D eigenvalue weighted by Gasteiger charge is -2.29. The maximum absolute atomic E-state index is 11.7. The largest absolute Gasteiger partial charge is 0.507 e. The van der Waals surface area contributed by atoms with Crippen molar-refractivity contribution >= 4 is 0 Å². The third-order valence-electron chi connectivity index (χ3n) is 7.45. The van der Waals surface area contributed by atoms with Crippen LogP contribution in [-0.2, 0) is 0 Å². The molecule has 2 saturated carbocycles. The summed E-state index contributed by atoms with van der Waals surface area (Å²) in [6, 6.07) is 7.84. The second-order valence-electron chi connectivity index (χ2n) is 12.9. The standard InChI is InChI=1S/C32H46O4/c1-31(2,3)35-23-17-25(21-13-9-7-10-14-21)29(33)27(19-23)28-20-24(36-32(4,5)6)18-26(30(28)34)22-15-11-8-12-16-22/h17-22,33-34H,7-16H2,1-6H3. The van der Waals surface area contributed by atoms with Crippen molar-refractivity contribution in [2.45, 2.75) is 129 Å². The molecule has 2 fully saturated rings. The SMILES string of the molecule is CC(C)(C)Oc1cc(-c2cc(OC(C)(C)C)cc(C3CCCCC3)c2O)c(O)c(C2CCCCC2)c1. The van der Waals surface area contributed by atoms with E-state index in [4.69, 9.17) is 9.47 Å². The summed E-state index contributed by atoms with van der Waals surface area (Å²) in [5.41, 5.74) is 2.40. The molecule has 0 unspecified atom stereocenters. The van der Waals surface area contributed by atoms with Crippen LogP contribution in [0.5, 0.6) is 23.0 Å². The number of rotatable bonds is 5. The highest BCUT2D eigenvalue weighted by atomic mass is 16.5. The van der Waals surface area contributed by atoms with Crippen molar-refractivity contribution in [2.75, 3.05) is 0 Å². The Morgan fingerprint density at radius 1 is 0.556 bits per heavy atom. The summed E-state index contributed by atoms with van der Waals surface area (Å²) in [6.07, 6.45) is 11.5. The first-order valence-electron chi connectivity index (χ1n) is 14.0. The van der Waals surface area contributed by atoms with Crippen LogP contribution >= 0.6 is 0 Å². The van der Waals surface area contributed by atoms with Crippen LogP contribution in [0.1, 0.15) is 129 Å².